The minimum atomic E-state index is -0.142. The molecule has 4 nitrogen and oxygen atoms in total. The number of halogens is 2. The van der Waals surface area contributed by atoms with E-state index in [2.05, 4.69) is 26.6 Å². The highest BCUT2D eigenvalue weighted by Gasteiger charge is 2.14. The number of hydrogen-bond acceptors (Lipinski definition) is 3. The van der Waals surface area contributed by atoms with Gasteiger partial charge in [0.1, 0.15) is 12.4 Å². The maximum atomic E-state index is 12.4. The van der Waals surface area contributed by atoms with Crippen LogP contribution in [-0.2, 0) is 6.61 Å². The first-order valence-corrected chi connectivity index (χ1v) is 8.31. The van der Waals surface area contributed by atoms with Gasteiger partial charge in [-0.3, -0.25) is 4.79 Å². The number of carbonyl (C=O) groups is 1. The van der Waals surface area contributed by atoms with Crippen LogP contribution in [0.25, 0.3) is 0 Å². The topological polar surface area (TPSA) is 50.4 Å². The van der Waals surface area contributed by atoms with Crippen molar-refractivity contribution in [3.8, 4) is 5.75 Å². The Labute approximate surface area is 157 Å². The molecule has 6 heteroatoms. The number of likely N-dealkylation sites (N-methyl/N-ethyl adjacent to an activating group) is 1. The average Bonchev–Trinajstić information content (AvgIpc) is 2.59. The quantitative estimate of drug-likeness (QED) is 0.726. The lowest BCUT2D eigenvalue weighted by Gasteiger charge is -2.14. The van der Waals surface area contributed by atoms with Crippen LogP contribution in [0.5, 0.6) is 5.75 Å². The van der Waals surface area contributed by atoms with Gasteiger partial charge in [0.05, 0.1) is 5.56 Å². The van der Waals surface area contributed by atoms with E-state index in [9.17, 15) is 4.79 Å². The fourth-order valence-electron chi connectivity index (χ4n) is 1.98. The van der Waals surface area contributed by atoms with Crippen molar-refractivity contribution in [1.29, 1.82) is 0 Å². The summed E-state index contributed by atoms with van der Waals surface area (Å²) in [5, 5.41) is 6.00. The standard InChI is InChI=1S/C18H21BrN2O2.ClH/c1-13(20-2)11-21-18(22)16-10-15(19)8-9-17(16)23-12-14-6-4-3-5-7-14;/h3-10,13,20H,11-12H2,1-2H3,(H,21,22);1H. The molecule has 0 radical (unpaired) electrons. The molecular formula is C18H22BrClN2O2. The Kier molecular flexibility index (Phi) is 8.82. The van der Waals surface area contributed by atoms with Crippen LogP contribution in [0, 0.1) is 0 Å². The van der Waals surface area contributed by atoms with Crippen molar-refractivity contribution in [2.75, 3.05) is 13.6 Å². The molecule has 0 saturated heterocycles. The zero-order valence-electron chi connectivity index (χ0n) is 13.7. The molecule has 2 rings (SSSR count). The molecule has 1 atom stereocenters. The van der Waals surface area contributed by atoms with E-state index >= 15 is 0 Å². The second-order valence-electron chi connectivity index (χ2n) is 5.31. The van der Waals surface area contributed by atoms with Crippen molar-refractivity contribution in [2.24, 2.45) is 0 Å². The molecule has 2 aromatic carbocycles. The van der Waals surface area contributed by atoms with Crippen molar-refractivity contribution >= 4 is 34.2 Å². The fraction of sp³-hybridized carbons (Fsp3) is 0.278. The first-order valence-electron chi connectivity index (χ1n) is 7.52. The van der Waals surface area contributed by atoms with Crippen molar-refractivity contribution < 1.29 is 9.53 Å². The Hall–Kier alpha value is -1.56. The summed E-state index contributed by atoms with van der Waals surface area (Å²) in [6.07, 6.45) is 0. The molecule has 1 unspecified atom stereocenters. The van der Waals surface area contributed by atoms with Gasteiger partial charge in [-0.2, -0.15) is 0 Å². The van der Waals surface area contributed by atoms with Gasteiger partial charge in [-0.25, -0.2) is 0 Å². The Morgan fingerprint density at radius 2 is 1.92 bits per heavy atom. The molecule has 0 fully saturated rings. The monoisotopic (exact) mass is 412 g/mol. The number of carbonyl (C=O) groups excluding carboxylic acids is 1. The lowest BCUT2D eigenvalue weighted by atomic mass is 10.1. The number of ether oxygens (including phenoxy) is 1. The molecule has 0 heterocycles. The van der Waals surface area contributed by atoms with E-state index in [0.717, 1.165) is 10.0 Å². The molecule has 0 aliphatic carbocycles. The van der Waals surface area contributed by atoms with Crippen LogP contribution in [0.3, 0.4) is 0 Å². The number of nitrogens with one attached hydrogen (secondary N) is 2. The zero-order valence-corrected chi connectivity index (χ0v) is 16.1. The normalized spacial score (nSPS) is 11.3. The number of rotatable bonds is 7. The maximum absolute atomic E-state index is 12.4. The molecule has 1 amide bonds. The van der Waals surface area contributed by atoms with Gasteiger partial charge in [-0.1, -0.05) is 46.3 Å². The summed E-state index contributed by atoms with van der Waals surface area (Å²) in [5.41, 5.74) is 1.59. The second kappa shape index (κ2) is 10.3. The molecule has 130 valence electrons. The summed E-state index contributed by atoms with van der Waals surface area (Å²) in [4.78, 5) is 12.4. The van der Waals surface area contributed by atoms with E-state index < -0.39 is 0 Å². The fourth-order valence-corrected chi connectivity index (χ4v) is 2.34. The molecule has 0 aliphatic heterocycles. The maximum Gasteiger partial charge on any atom is 0.255 e. The van der Waals surface area contributed by atoms with E-state index in [1.807, 2.05) is 56.4 Å². The zero-order chi connectivity index (χ0) is 16.7. The minimum Gasteiger partial charge on any atom is -0.488 e. The van der Waals surface area contributed by atoms with Crippen molar-refractivity contribution in [1.82, 2.24) is 10.6 Å². The minimum absolute atomic E-state index is 0. The number of benzene rings is 2. The SMILES string of the molecule is CNC(C)CNC(=O)c1cc(Br)ccc1OCc1ccccc1.Cl. The van der Waals surface area contributed by atoms with Gasteiger partial charge in [0, 0.05) is 17.1 Å². The molecule has 0 aliphatic rings. The second-order valence-corrected chi connectivity index (χ2v) is 6.23. The molecule has 0 bridgehead atoms. The van der Waals surface area contributed by atoms with Gasteiger partial charge in [-0.05, 0) is 37.7 Å². The summed E-state index contributed by atoms with van der Waals surface area (Å²) in [5.74, 6) is 0.433. The predicted octanol–water partition coefficient (Wildman–Crippen LogP) is 3.79. The summed E-state index contributed by atoms with van der Waals surface area (Å²) in [7, 11) is 1.87. The Bertz CT molecular complexity index is 653. The number of hydrogen-bond donors (Lipinski definition) is 2. The highest BCUT2D eigenvalue weighted by atomic mass is 79.9. The third-order valence-electron chi connectivity index (χ3n) is 3.49. The van der Waals surface area contributed by atoms with Crippen LogP contribution < -0.4 is 15.4 Å². The summed E-state index contributed by atoms with van der Waals surface area (Å²) in [6, 6.07) is 15.5. The lowest BCUT2D eigenvalue weighted by Crippen LogP contribution is -2.37. The Morgan fingerprint density at radius 3 is 2.58 bits per heavy atom. The average molecular weight is 414 g/mol. The molecule has 2 N–H and O–H groups in total. The van der Waals surface area contributed by atoms with E-state index in [1.165, 1.54) is 0 Å². The Morgan fingerprint density at radius 1 is 1.21 bits per heavy atom. The van der Waals surface area contributed by atoms with Crippen LogP contribution in [0.4, 0.5) is 0 Å². The van der Waals surface area contributed by atoms with Crippen LogP contribution in [0.1, 0.15) is 22.8 Å². The van der Waals surface area contributed by atoms with E-state index in [0.29, 0.717) is 24.5 Å². The first-order chi connectivity index (χ1) is 11.1. The van der Waals surface area contributed by atoms with E-state index in [4.69, 9.17) is 4.74 Å². The van der Waals surface area contributed by atoms with Crippen LogP contribution in [0.15, 0.2) is 53.0 Å². The van der Waals surface area contributed by atoms with Crippen molar-refractivity contribution in [3.63, 3.8) is 0 Å². The highest BCUT2D eigenvalue weighted by molar-refractivity contribution is 9.10. The van der Waals surface area contributed by atoms with Gasteiger partial charge in [0.2, 0.25) is 0 Å². The largest absolute Gasteiger partial charge is 0.488 e. The molecule has 2 aromatic rings. The van der Waals surface area contributed by atoms with Gasteiger partial charge in [-0.15, -0.1) is 12.4 Å². The molecule has 24 heavy (non-hydrogen) atoms. The van der Waals surface area contributed by atoms with Crippen LogP contribution in [0.2, 0.25) is 0 Å². The smallest absolute Gasteiger partial charge is 0.255 e. The number of amides is 1. The predicted molar refractivity (Wildman–Crippen MR) is 103 cm³/mol. The van der Waals surface area contributed by atoms with Gasteiger partial charge < -0.3 is 15.4 Å². The van der Waals surface area contributed by atoms with Crippen molar-refractivity contribution in [3.05, 3.63) is 64.1 Å². The van der Waals surface area contributed by atoms with Gasteiger partial charge >= 0.3 is 0 Å². The summed E-state index contributed by atoms with van der Waals surface area (Å²) < 4.78 is 6.68. The van der Waals surface area contributed by atoms with Crippen LogP contribution in [-0.4, -0.2) is 25.5 Å². The summed E-state index contributed by atoms with van der Waals surface area (Å²) in [6.45, 7) is 2.99. The van der Waals surface area contributed by atoms with Crippen molar-refractivity contribution in [2.45, 2.75) is 19.6 Å². The van der Waals surface area contributed by atoms with Crippen LogP contribution >= 0.6 is 28.3 Å². The molecule has 0 spiro atoms. The van der Waals surface area contributed by atoms with E-state index in [1.54, 1.807) is 6.07 Å². The highest BCUT2D eigenvalue weighted by Crippen LogP contribution is 2.24. The van der Waals surface area contributed by atoms with E-state index in [-0.39, 0.29) is 24.4 Å². The summed E-state index contributed by atoms with van der Waals surface area (Å²) >= 11 is 3.41. The molecule has 0 aromatic heterocycles. The third-order valence-corrected chi connectivity index (χ3v) is 3.98. The van der Waals surface area contributed by atoms with Gasteiger partial charge in [0.15, 0.2) is 0 Å². The molecule has 0 saturated carbocycles. The molecular weight excluding hydrogens is 392 g/mol. The first kappa shape index (κ1) is 20.5. The Balaban J connectivity index is 0.00000288. The van der Waals surface area contributed by atoms with Gasteiger partial charge in [0.25, 0.3) is 5.91 Å². The third kappa shape index (κ3) is 6.15. The lowest BCUT2D eigenvalue weighted by molar-refractivity contribution is 0.0946.